The van der Waals surface area contributed by atoms with Crippen LogP contribution in [0.3, 0.4) is 0 Å². The molecule has 0 saturated heterocycles. The Labute approximate surface area is 109 Å². The van der Waals surface area contributed by atoms with Gasteiger partial charge in [0.05, 0.1) is 4.47 Å². The summed E-state index contributed by atoms with van der Waals surface area (Å²) in [5, 5.41) is 9.78. The lowest BCUT2D eigenvalue weighted by Gasteiger charge is -2.29. The fraction of sp³-hybridized carbons (Fsp3) is 0.538. The fourth-order valence-corrected chi connectivity index (χ4v) is 3.06. The zero-order chi connectivity index (χ0) is 12.6. The monoisotopic (exact) mass is 301 g/mol. The topological polar surface area (TPSA) is 46.2 Å². The molecule has 2 nitrogen and oxygen atoms in total. The van der Waals surface area contributed by atoms with Crippen LogP contribution in [0.25, 0.3) is 0 Å². The molecule has 0 spiro atoms. The molecule has 3 N–H and O–H groups in total. The van der Waals surface area contributed by atoms with Gasteiger partial charge in [-0.2, -0.15) is 0 Å². The molecule has 0 bridgehead atoms. The van der Waals surface area contributed by atoms with E-state index in [0.29, 0.717) is 16.6 Å². The molecular weight excluding hydrogens is 285 g/mol. The number of rotatable bonds is 2. The van der Waals surface area contributed by atoms with E-state index in [0.717, 1.165) is 31.2 Å². The second kappa shape index (κ2) is 4.58. The van der Waals surface area contributed by atoms with Gasteiger partial charge in [-0.15, -0.1) is 0 Å². The van der Waals surface area contributed by atoms with Gasteiger partial charge in [-0.05, 0) is 46.8 Å². The molecule has 0 amide bonds. The van der Waals surface area contributed by atoms with Crippen LogP contribution in [-0.2, 0) is 5.41 Å². The number of aryl methyl sites for hydroxylation is 1. The molecule has 94 valence electrons. The van der Waals surface area contributed by atoms with Gasteiger partial charge in [-0.3, -0.25) is 0 Å². The molecule has 1 aromatic rings. The van der Waals surface area contributed by atoms with Crippen LogP contribution in [0.4, 0.5) is 4.39 Å². The summed E-state index contributed by atoms with van der Waals surface area (Å²) < 4.78 is 14.6. The number of hydrogen-bond donors (Lipinski definition) is 2. The van der Waals surface area contributed by atoms with E-state index in [1.54, 1.807) is 0 Å². The Morgan fingerprint density at radius 2 is 2.06 bits per heavy atom. The van der Waals surface area contributed by atoms with Crippen molar-refractivity contribution >= 4 is 15.9 Å². The largest absolute Gasteiger partial charge is 0.504 e. The van der Waals surface area contributed by atoms with Crippen molar-refractivity contribution in [1.82, 2.24) is 0 Å². The van der Waals surface area contributed by atoms with Crippen LogP contribution in [0.2, 0.25) is 0 Å². The van der Waals surface area contributed by atoms with E-state index in [1.807, 2.05) is 13.0 Å². The molecule has 2 rings (SSSR count). The molecule has 17 heavy (non-hydrogen) atoms. The molecule has 0 unspecified atom stereocenters. The second-order valence-corrected chi connectivity index (χ2v) is 5.70. The van der Waals surface area contributed by atoms with Gasteiger partial charge in [0.1, 0.15) is 0 Å². The fourth-order valence-electron chi connectivity index (χ4n) is 2.77. The normalized spacial score (nSPS) is 18.6. The summed E-state index contributed by atoms with van der Waals surface area (Å²) in [6.45, 7) is 2.29. The Kier molecular flexibility index (Phi) is 3.46. The summed E-state index contributed by atoms with van der Waals surface area (Å²) in [5.74, 6) is -0.811. The molecule has 4 heteroatoms. The third-order valence-electron chi connectivity index (χ3n) is 3.88. The maximum absolute atomic E-state index is 14.2. The van der Waals surface area contributed by atoms with Gasteiger partial charge >= 0.3 is 0 Å². The Morgan fingerprint density at radius 3 is 2.59 bits per heavy atom. The van der Waals surface area contributed by atoms with Gasteiger partial charge < -0.3 is 10.8 Å². The van der Waals surface area contributed by atoms with Crippen molar-refractivity contribution in [2.24, 2.45) is 5.73 Å². The highest BCUT2D eigenvalue weighted by atomic mass is 79.9. The van der Waals surface area contributed by atoms with Gasteiger partial charge in [0, 0.05) is 12.0 Å². The molecule has 0 aliphatic heterocycles. The number of aromatic hydroxyl groups is 1. The lowest BCUT2D eigenvalue weighted by atomic mass is 9.78. The lowest BCUT2D eigenvalue weighted by molar-refractivity contribution is 0.389. The lowest BCUT2D eigenvalue weighted by Crippen LogP contribution is -2.33. The minimum atomic E-state index is -0.519. The summed E-state index contributed by atoms with van der Waals surface area (Å²) in [6, 6.07) is 1.82. The highest BCUT2D eigenvalue weighted by Crippen LogP contribution is 2.45. The van der Waals surface area contributed by atoms with Gasteiger partial charge in [0.25, 0.3) is 0 Å². The molecule has 1 aliphatic carbocycles. The molecular formula is C13H17BrFNO. The van der Waals surface area contributed by atoms with Crippen LogP contribution >= 0.6 is 15.9 Å². The summed E-state index contributed by atoms with van der Waals surface area (Å²) in [4.78, 5) is 0. The Hall–Kier alpha value is -0.610. The van der Waals surface area contributed by atoms with Crippen molar-refractivity contribution in [2.45, 2.75) is 38.0 Å². The molecule has 0 radical (unpaired) electrons. The van der Waals surface area contributed by atoms with E-state index in [1.165, 1.54) is 0 Å². The average molecular weight is 302 g/mol. The number of phenolic OH excluding ortho intramolecular Hbond substituents is 1. The van der Waals surface area contributed by atoms with Gasteiger partial charge in [-0.1, -0.05) is 18.9 Å². The van der Waals surface area contributed by atoms with E-state index in [2.05, 4.69) is 15.9 Å². The van der Waals surface area contributed by atoms with Crippen molar-refractivity contribution in [3.05, 3.63) is 27.5 Å². The zero-order valence-corrected chi connectivity index (χ0v) is 11.5. The van der Waals surface area contributed by atoms with Gasteiger partial charge in [0.15, 0.2) is 11.6 Å². The van der Waals surface area contributed by atoms with Crippen molar-refractivity contribution in [1.29, 1.82) is 0 Å². The van der Waals surface area contributed by atoms with Gasteiger partial charge in [-0.25, -0.2) is 4.39 Å². The minimum absolute atomic E-state index is 0.285. The zero-order valence-electron chi connectivity index (χ0n) is 9.89. The molecule has 1 fully saturated rings. The first-order valence-corrected chi connectivity index (χ1v) is 6.69. The van der Waals surface area contributed by atoms with E-state index in [4.69, 9.17) is 5.73 Å². The van der Waals surface area contributed by atoms with Gasteiger partial charge in [0.2, 0.25) is 0 Å². The van der Waals surface area contributed by atoms with E-state index >= 15 is 0 Å². The number of nitrogens with two attached hydrogens (primary N) is 1. The van der Waals surface area contributed by atoms with Crippen LogP contribution in [-0.4, -0.2) is 11.7 Å². The molecule has 1 aliphatic rings. The molecule has 0 aromatic heterocycles. The van der Waals surface area contributed by atoms with Crippen LogP contribution in [0.5, 0.6) is 5.75 Å². The first-order valence-electron chi connectivity index (χ1n) is 5.90. The number of halogens is 2. The SMILES string of the molecule is Cc1cc(C2(CN)CCCC2)c(F)c(O)c1Br. The summed E-state index contributed by atoms with van der Waals surface area (Å²) in [7, 11) is 0. The predicted octanol–water partition coefficient (Wildman–Crippen LogP) is 3.37. The Balaban J connectivity index is 2.59. The highest BCUT2D eigenvalue weighted by molar-refractivity contribution is 9.10. The van der Waals surface area contributed by atoms with Crippen LogP contribution in [0.15, 0.2) is 10.5 Å². The Bertz CT molecular complexity index is 442. The number of phenols is 1. The number of hydrogen-bond acceptors (Lipinski definition) is 2. The van der Waals surface area contributed by atoms with E-state index in [-0.39, 0.29) is 11.2 Å². The second-order valence-electron chi connectivity index (χ2n) is 4.91. The smallest absolute Gasteiger partial charge is 0.169 e. The molecule has 1 aromatic carbocycles. The Morgan fingerprint density at radius 1 is 1.47 bits per heavy atom. The average Bonchev–Trinajstić information content (AvgIpc) is 2.81. The highest BCUT2D eigenvalue weighted by Gasteiger charge is 2.37. The first kappa shape index (κ1) is 12.8. The predicted molar refractivity (Wildman–Crippen MR) is 69.7 cm³/mol. The maximum atomic E-state index is 14.2. The van der Waals surface area contributed by atoms with Crippen LogP contribution in [0, 0.1) is 12.7 Å². The summed E-state index contributed by atoms with van der Waals surface area (Å²) >= 11 is 3.19. The maximum Gasteiger partial charge on any atom is 0.169 e. The standard InChI is InChI=1S/C13H17BrFNO/c1-8-6-9(11(15)12(17)10(8)14)13(7-16)4-2-3-5-13/h6,17H,2-5,7,16H2,1H3. The molecule has 0 atom stereocenters. The van der Waals surface area contributed by atoms with Crippen molar-refractivity contribution in [3.8, 4) is 5.75 Å². The van der Waals surface area contributed by atoms with E-state index < -0.39 is 5.82 Å². The van der Waals surface area contributed by atoms with Crippen LogP contribution < -0.4 is 5.73 Å². The van der Waals surface area contributed by atoms with Crippen molar-refractivity contribution < 1.29 is 9.50 Å². The van der Waals surface area contributed by atoms with Crippen LogP contribution in [0.1, 0.15) is 36.8 Å². The third-order valence-corrected chi connectivity index (χ3v) is 4.88. The summed E-state index contributed by atoms with van der Waals surface area (Å²) in [5.41, 5.74) is 6.99. The number of benzene rings is 1. The van der Waals surface area contributed by atoms with E-state index in [9.17, 15) is 9.50 Å². The summed E-state index contributed by atoms with van der Waals surface area (Å²) in [6.07, 6.45) is 3.96. The molecule has 0 heterocycles. The minimum Gasteiger partial charge on any atom is -0.504 e. The van der Waals surface area contributed by atoms with Crippen molar-refractivity contribution in [2.75, 3.05) is 6.54 Å². The first-order chi connectivity index (χ1) is 8.02. The third kappa shape index (κ3) is 1.97. The molecule has 1 saturated carbocycles. The van der Waals surface area contributed by atoms with Crippen molar-refractivity contribution in [3.63, 3.8) is 0 Å². The quantitative estimate of drug-likeness (QED) is 0.880.